The number of hydrogen-bond donors (Lipinski definition) is 1. The van der Waals surface area contributed by atoms with E-state index in [4.69, 9.17) is 0 Å². The molecular weight excluding hydrogens is 246 g/mol. The zero-order chi connectivity index (χ0) is 13.2. The monoisotopic (exact) mass is 260 g/mol. The van der Waals surface area contributed by atoms with Gasteiger partial charge in [-0.25, -0.2) is 9.37 Å². The van der Waals surface area contributed by atoms with Crippen molar-refractivity contribution in [3.05, 3.63) is 59.3 Å². The Morgan fingerprint density at radius 2 is 2.05 bits per heavy atom. The van der Waals surface area contributed by atoms with Crippen LogP contribution in [-0.2, 0) is 6.42 Å². The van der Waals surface area contributed by atoms with E-state index in [0.29, 0.717) is 5.82 Å². The summed E-state index contributed by atoms with van der Waals surface area (Å²) in [5.41, 5.74) is 2.11. The van der Waals surface area contributed by atoms with E-state index in [1.165, 1.54) is 12.1 Å². The highest BCUT2D eigenvalue weighted by atomic mass is 19.1. The average Bonchev–Trinajstić information content (AvgIpc) is 2.39. The molecule has 1 aliphatic rings. The zero-order valence-electron chi connectivity index (χ0n) is 10.4. The maximum Gasteiger partial charge on any atom is 0.214 e. The minimum absolute atomic E-state index is 0.00579. The third-order valence-corrected chi connectivity index (χ3v) is 3.46. The molecule has 1 aliphatic carbocycles. The summed E-state index contributed by atoms with van der Waals surface area (Å²) >= 11 is 0. The first-order valence-electron chi connectivity index (χ1n) is 6.40. The number of pyridine rings is 1. The van der Waals surface area contributed by atoms with Crippen LogP contribution in [0, 0.1) is 11.8 Å². The van der Waals surface area contributed by atoms with Gasteiger partial charge in [0.15, 0.2) is 0 Å². The molecule has 98 valence electrons. The average molecular weight is 260 g/mol. The topological polar surface area (TPSA) is 24.9 Å². The molecule has 19 heavy (non-hydrogen) atoms. The molecule has 0 saturated heterocycles. The van der Waals surface area contributed by atoms with E-state index in [2.05, 4.69) is 10.3 Å². The lowest BCUT2D eigenvalue weighted by molar-refractivity contribution is 0.568. The first-order chi connectivity index (χ1) is 9.22. The Labute approximate surface area is 110 Å². The van der Waals surface area contributed by atoms with Crippen LogP contribution in [-0.4, -0.2) is 4.98 Å². The summed E-state index contributed by atoms with van der Waals surface area (Å²) in [5, 5.41) is 3.19. The van der Waals surface area contributed by atoms with Crippen molar-refractivity contribution in [2.45, 2.75) is 25.3 Å². The number of halogens is 2. The normalized spacial score (nSPS) is 17.9. The highest BCUT2D eigenvalue weighted by Gasteiger charge is 2.20. The first-order valence-corrected chi connectivity index (χ1v) is 6.40. The molecule has 1 aromatic carbocycles. The Kier molecular flexibility index (Phi) is 3.15. The van der Waals surface area contributed by atoms with E-state index in [1.807, 2.05) is 6.07 Å². The first kappa shape index (κ1) is 12.1. The highest BCUT2D eigenvalue weighted by Crippen LogP contribution is 2.32. The number of benzene rings is 1. The van der Waals surface area contributed by atoms with Gasteiger partial charge in [-0.15, -0.1) is 0 Å². The summed E-state index contributed by atoms with van der Waals surface area (Å²) in [4.78, 5) is 3.79. The lowest BCUT2D eigenvalue weighted by atomic mass is 9.87. The molecule has 1 aromatic heterocycles. The van der Waals surface area contributed by atoms with E-state index >= 15 is 0 Å². The van der Waals surface area contributed by atoms with E-state index in [1.54, 1.807) is 18.2 Å². The molecular formula is C15H14F2N2. The van der Waals surface area contributed by atoms with Gasteiger partial charge in [0, 0.05) is 0 Å². The number of fused-ring (bicyclic) bond motifs is 1. The third-order valence-electron chi connectivity index (χ3n) is 3.46. The van der Waals surface area contributed by atoms with Gasteiger partial charge >= 0.3 is 0 Å². The standard InChI is InChI=1S/C15H14F2N2/c16-11-8-7-10-3-1-4-13(12(10)9-11)18-15-6-2-5-14(17)19-15/h2,5-9,13H,1,3-4H2,(H,18,19). The van der Waals surface area contributed by atoms with Gasteiger partial charge in [-0.05, 0) is 54.7 Å². The lowest BCUT2D eigenvalue weighted by Gasteiger charge is -2.26. The van der Waals surface area contributed by atoms with E-state index in [-0.39, 0.29) is 11.9 Å². The number of aryl methyl sites for hydroxylation is 1. The van der Waals surface area contributed by atoms with Crippen LogP contribution in [0.5, 0.6) is 0 Å². The number of anilines is 1. The molecule has 0 spiro atoms. The second kappa shape index (κ2) is 4.96. The predicted octanol–water partition coefficient (Wildman–Crippen LogP) is 3.85. The summed E-state index contributed by atoms with van der Waals surface area (Å²) in [6.07, 6.45) is 2.89. The van der Waals surface area contributed by atoms with Crippen molar-refractivity contribution in [1.82, 2.24) is 4.98 Å². The Morgan fingerprint density at radius 3 is 2.89 bits per heavy atom. The summed E-state index contributed by atoms with van der Waals surface area (Å²) in [6.45, 7) is 0. The fourth-order valence-corrected chi connectivity index (χ4v) is 2.59. The minimum atomic E-state index is -0.514. The molecule has 3 rings (SSSR count). The van der Waals surface area contributed by atoms with Crippen LogP contribution in [0.25, 0.3) is 0 Å². The van der Waals surface area contributed by atoms with E-state index in [9.17, 15) is 8.78 Å². The van der Waals surface area contributed by atoms with Crippen molar-refractivity contribution in [2.75, 3.05) is 5.32 Å². The van der Waals surface area contributed by atoms with Crippen LogP contribution >= 0.6 is 0 Å². The molecule has 0 aliphatic heterocycles. The maximum atomic E-state index is 13.4. The molecule has 1 atom stereocenters. The van der Waals surface area contributed by atoms with Crippen LogP contribution < -0.4 is 5.32 Å². The second-order valence-electron chi connectivity index (χ2n) is 4.78. The fourth-order valence-electron chi connectivity index (χ4n) is 2.59. The van der Waals surface area contributed by atoms with Gasteiger partial charge in [-0.2, -0.15) is 4.39 Å². The number of hydrogen-bond acceptors (Lipinski definition) is 2. The highest BCUT2D eigenvalue weighted by molar-refractivity contribution is 5.42. The molecule has 0 radical (unpaired) electrons. The molecule has 4 heteroatoms. The van der Waals surface area contributed by atoms with Crippen LogP contribution in [0.15, 0.2) is 36.4 Å². The summed E-state index contributed by atoms with van der Waals surface area (Å²) in [6, 6.07) is 9.51. The van der Waals surface area contributed by atoms with E-state index < -0.39 is 5.95 Å². The smallest absolute Gasteiger partial charge is 0.214 e. The van der Waals surface area contributed by atoms with Crippen molar-refractivity contribution in [2.24, 2.45) is 0 Å². The predicted molar refractivity (Wildman–Crippen MR) is 69.9 cm³/mol. The molecule has 1 unspecified atom stereocenters. The van der Waals surface area contributed by atoms with Crippen molar-refractivity contribution < 1.29 is 8.78 Å². The maximum absolute atomic E-state index is 13.4. The fraction of sp³-hybridized carbons (Fsp3) is 0.267. The molecule has 2 nitrogen and oxygen atoms in total. The SMILES string of the molecule is Fc1ccc2c(c1)C(Nc1cccc(F)n1)CCC2. The Bertz CT molecular complexity index is 598. The van der Waals surface area contributed by atoms with Gasteiger partial charge in [0.1, 0.15) is 11.6 Å². The number of nitrogens with one attached hydrogen (secondary N) is 1. The quantitative estimate of drug-likeness (QED) is 0.830. The Hall–Kier alpha value is -1.97. The Balaban J connectivity index is 1.89. The molecule has 1 N–H and O–H groups in total. The van der Waals surface area contributed by atoms with Crippen molar-refractivity contribution in [1.29, 1.82) is 0 Å². The van der Waals surface area contributed by atoms with Gasteiger partial charge in [-0.1, -0.05) is 12.1 Å². The molecule has 0 fully saturated rings. The van der Waals surface area contributed by atoms with Gasteiger partial charge in [0.05, 0.1) is 6.04 Å². The second-order valence-corrected chi connectivity index (χ2v) is 4.78. The number of nitrogens with zero attached hydrogens (tertiary/aromatic N) is 1. The minimum Gasteiger partial charge on any atom is -0.363 e. The summed E-state index contributed by atoms with van der Waals surface area (Å²) in [5.74, 6) is -0.262. The molecule has 0 saturated carbocycles. The van der Waals surface area contributed by atoms with Gasteiger partial charge in [-0.3, -0.25) is 0 Å². The molecule has 0 bridgehead atoms. The van der Waals surface area contributed by atoms with Crippen molar-refractivity contribution >= 4 is 5.82 Å². The van der Waals surface area contributed by atoms with Crippen molar-refractivity contribution in [3.63, 3.8) is 0 Å². The van der Waals surface area contributed by atoms with Crippen LogP contribution in [0.1, 0.15) is 30.0 Å². The van der Waals surface area contributed by atoms with Crippen LogP contribution in [0.4, 0.5) is 14.6 Å². The molecule has 1 heterocycles. The van der Waals surface area contributed by atoms with Gasteiger partial charge < -0.3 is 5.32 Å². The number of aromatic nitrogens is 1. The lowest BCUT2D eigenvalue weighted by Crippen LogP contribution is -2.18. The summed E-state index contributed by atoms with van der Waals surface area (Å²) in [7, 11) is 0. The van der Waals surface area contributed by atoms with E-state index in [0.717, 1.165) is 30.4 Å². The summed E-state index contributed by atoms with van der Waals surface area (Å²) < 4.78 is 26.4. The third kappa shape index (κ3) is 2.57. The van der Waals surface area contributed by atoms with Crippen LogP contribution in [0.2, 0.25) is 0 Å². The van der Waals surface area contributed by atoms with Gasteiger partial charge in [0.2, 0.25) is 5.95 Å². The van der Waals surface area contributed by atoms with Gasteiger partial charge in [0.25, 0.3) is 0 Å². The zero-order valence-corrected chi connectivity index (χ0v) is 10.4. The molecule has 2 aromatic rings. The van der Waals surface area contributed by atoms with Crippen LogP contribution in [0.3, 0.4) is 0 Å². The Morgan fingerprint density at radius 1 is 1.16 bits per heavy atom. The number of rotatable bonds is 2. The molecule has 0 amide bonds. The largest absolute Gasteiger partial charge is 0.363 e. The van der Waals surface area contributed by atoms with Crippen molar-refractivity contribution in [3.8, 4) is 0 Å².